The minimum atomic E-state index is -5.00. The molecule has 3 N–H and O–H groups in total. The fourth-order valence-electron chi connectivity index (χ4n) is 1.62. The van der Waals surface area contributed by atoms with E-state index in [1.54, 1.807) is 0 Å². The molecule has 0 bridgehead atoms. The maximum Gasteiger partial charge on any atom is 0.573 e. The summed E-state index contributed by atoms with van der Waals surface area (Å²) in [5.41, 5.74) is -0.688. The van der Waals surface area contributed by atoms with Crippen LogP contribution in [-0.4, -0.2) is 39.5 Å². The molecule has 1 rings (SSSR count). The lowest BCUT2D eigenvalue weighted by Gasteiger charge is -2.19. The molecule has 1 aromatic rings. The van der Waals surface area contributed by atoms with Crippen molar-refractivity contribution >= 4 is 18.6 Å². The number of hydrogen-bond donors (Lipinski definition) is 4. The number of aromatic carboxylic acids is 1. The smallest absolute Gasteiger partial charge is 0.478 e. The minimum absolute atomic E-state index is 0.0804. The zero-order chi connectivity index (χ0) is 16.2. The summed E-state index contributed by atoms with van der Waals surface area (Å²) in [4.78, 5) is 10.9. The van der Waals surface area contributed by atoms with Gasteiger partial charge in [-0.3, -0.25) is 0 Å². The third-order valence-corrected chi connectivity index (χ3v) is 2.80. The van der Waals surface area contributed by atoms with Crippen molar-refractivity contribution in [2.24, 2.45) is 0 Å². The quantitative estimate of drug-likeness (QED) is 0.601. The van der Waals surface area contributed by atoms with Gasteiger partial charge in [-0.1, -0.05) is 0 Å². The number of hydrogen-bond acceptors (Lipinski definition) is 5. The fourth-order valence-corrected chi connectivity index (χ4v) is 1.89. The van der Waals surface area contributed by atoms with Gasteiger partial charge < -0.3 is 20.1 Å². The highest BCUT2D eigenvalue weighted by Crippen LogP contribution is 2.29. The van der Waals surface area contributed by atoms with Crippen LogP contribution in [0.25, 0.3) is 0 Å². The molecule has 2 atom stereocenters. The summed E-state index contributed by atoms with van der Waals surface area (Å²) in [6.07, 6.45) is -7.75. The van der Waals surface area contributed by atoms with Crippen molar-refractivity contribution in [2.75, 3.05) is 5.75 Å². The van der Waals surface area contributed by atoms with Crippen molar-refractivity contribution in [2.45, 2.75) is 25.0 Å². The Morgan fingerprint density at radius 2 is 1.90 bits per heavy atom. The second kappa shape index (κ2) is 7.01. The number of rotatable bonds is 6. The minimum Gasteiger partial charge on any atom is -0.478 e. The molecule has 0 radical (unpaired) electrons. The number of halogens is 3. The summed E-state index contributed by atoms with van der Waals surface area (Å²) in [6.45, 7) is 0. The van der Waals surface area contributed by atoms with E-state index in [-0.39, 0.29) is 17.7 Å². The molecule has 1 aromatic carbocycles. The standard InChI is InChI=1S/C12H13F3O5S/c13-12(14,15)20-8-4-6(3-7(5-8)11(18)19)10(17)9(16)1-2-21/h3-5,9-10,16-17,21H,1-2H2,(H,18,19). The lowest BCUT2D eigenvalue weighted by molar-refractivity contribution is -0.274. The first-order valence-corrected chi connectivity index (χ1v) is 6.38. The predicted octanol–water partition coefficient (Wildman–Crippen LogP) is 2.00. The largest absolute Gasteiger partial charge is 0.573 e. The van der Waals surface area contributed by atoms with E-state index in [0.717, 1.165) is 12.1 Å². The molecule has 5 nitrogen and oxygen atoms in total. The predicted molar refractivity (Wildman–Crippen MR) is 69.5 cm³/mol. The molecule has 0 aromatic heterocycles. The Bertz CT molecular complexity index is 506. The number of thiol groups is 1. The molecule has 0 heterocycles. The monoisotopic (exact) mass is 326 g/mol. The highest BCUT2D eigenvalue weighted by Gasteiger charge is 2.32. The number of aliphatic hydroxyl groups excluding tert-OH is 2. The first-order chi connectivity index (χ1) is 9.64. The number of aliphatic hydroxyl groups is 2. The van der Waals surface area contributed by atoms with Crippen molar-refractivity contribution in [1.29, 1.82) is 0 Å². The third-order valence-electron chi connectivity index (χ3n) is 2.54. The van der Waals surface area contributed by atoms with Crippen molar-refractivity contribution in [3.63, 3.8) is 0 Å². The molecule has 21 heavy (non-hydrogen) atoms. The second-order valence-corrected chi connectivity index (χ2v) is 4.62. The molecule has 0 amide bonds. The number of benzene rings is 1. The van der Waals surface area contributed by atoms with Crippen LogP contribution in [0.4, 0.5) is 13.2 Å². The van der Waals surface area contributed by atoms with Crippen molar-refractivity contribution in [3.8, 4) is 5.75 Å². The van der Waals surface area contributed by atoms with Gasteiger partial charge in [0.1, 0.15) is 11.9 Å². The van der Waals surface area contributed by atoms with Crippen LogP contribution in [0.1, 0.15) is 28.4 Å². The summed E-state index contributed by atoms with van der Waals surface area (Å²) >= 11 is 3.86. The molecule has 0 spiro atoms. The van der Waals surface area contributed by atoms with Gasteiger partial charge in [-0.2, -0.15) is 12.6 Å². The summed E-state index contributed by atoms with van der Waals surface area (Å²) in [7, 11) is 0. The molecule has 0 saturated heterocycles. The average Bonchev–Trinajstić information content (AvgIpc) is 2.35. The molecule has 0 aliphatic heterocycles. The summed E-state index contributed by atoms with van der Waals surface area (Å²) in [5.74, 6) is -2.03. The van der Waals surface area contributed by atoms with Gasteiger partial charge in [0.15, 0.2) is 0 Å². The van der Waals surface area contributed by atoms with Gasteiger partial charge in [0.25, 0.3) is 0 Å². The van der Waals surface area contributed by atoms with Gasteiger partial charge in [-0.05, 0) is 35.9 Å². The molecular formula is C12H13F3O5S. The molecule has 0 fully saturated rings. The number of carboxylic acid groups (broad SMARTS) is 1. The summed E-state index contributed by atoms with van der Waals surface area (Å²) < 4.78 is 40.2. The topological polar surface area (TPSA) is 87.0 Å². The van der Waals surface area contributed by atoms with Gasteiger partial charge in [-0.15, -0.1) is 13.2 Å². The van der Waals surface area contributed by atoms with Crippen molar-refractivity contribution in [3.05, 3.63) is 29.3 Å². The molecule has 9 heteroatoms. The van der Waals surface area contributed by atoms with Crippen LogP contribution in [0, 0.1) is 0 Å². The molecule has 2 unspecified atom stereocenters. The third kappa shape index (κ3) is 5.44. The number of carboxylic acids is 1. The molecule has 0 aliphatic carbocycles. The fraction of sp³-hybridized carbons (Fsp3) is 0.417. The van der Waals surface area contributed by atoms with Gasteiger partial charge in [0, 0.05) is 0 Å². The first kappa shape index (κ1) is 17.6. The van der Waals surface area contributed by atoms with Crippen LogP contribution in [0.3, 0.4) is 0 Å². The van der Waals surface area contributed by atoms with Crippen LogP contribution in [0.5, 0.6) is 5.75 Å². The molecule has 0 saturated carbocycles. The van der Waals surface area contributed by atoms with Crippen LogP contribution in [0.15, 0.2) is 18.2 Å². The Kier molecular flexibility index (Phi) is 5.87. The van der Waals surface area contributed by atoms with E-state index in [2.05, 4.69) is 17.4 Å². The molecular weight excluding hydrogens is 313 g/mol. The average molecular weight is 326 g/mol. The van der Waals surface area contributed by atoms with Crippen molar-refractivity contribution < 1.29 is 38.0 Å². The number of alkyl halides is 3. The summed E-state index contributed by atoms with van der Waals surface area (Å²) in [6, 6.07) is 2.47. The number of carbonyl (C=O) groups is 1. The van der Waals surface area contributed by atoms with Crippen LogP contribution in [-0.2, 0) is 0 Å². The van der Waals surface area contributed by atoms with E-state index in [1.807, 2.05) is 0 Å². The number of ether oxygens (including phenoxy) is 1. The Morgan fingerprint density at radius 1 is 1.29 bits per heavy atom. The van der Waals surface area contributed by atoms with Crippen molar-refractivity contribution in [1.82, 2.24) is 0 Å². The highest BCUT2D eigenvalue weighted by molar-refractivity contribution is 7.80. The van der Waals surface area contributed by atoms with Gasteiger partial charge in [-0.25, -0.2) is 4.79 Å². The SMILES string of the molecule is O=C(O)c1cc(OC(F)(F)F)cc(C(O)C(O)CCS)c1. The van der Waals surface area contributed by atoms with Crippen LogP contribution in [0.2, 0.25) is 0 Å². The normalized spacial score (nSPS) is 14.6. The maximum absolute atomic E-state index is 12.2. The van der Waals surface area contributed by atoms with E-state index < -0.39 is 35.9 Å². The van der Waals surface area contributed by atoms with E-state index in [4.69, 9.17) is 5.11 Å². The Labute approximate surface area is 123 Å². The van der Waals surface area contributed by atoms with Gasteiger partial charge in [0.05, 0.1) is 11.7 Å². The van der Waals surface area contributed by atoms with Crippen LogP contribution >= 0.6 is 12.6 Å². The second-order valence-electron chi connectivity index (χ2n) is 4.17. The van der Waals surface area contributed by atoms with E-state index in [0.29, 0.717) is 6.07 Å². The lowest BCUT2D eigenvalue weighted by Crippen LogP contribution is -2.21. The Morgan fingerprint density at radius 3 is 2.38 bits per heavy atom. The zero-order valence-electron chi connectivity index (χ0n) is 10.5. The van der Waals surface area contributed by atoms with Gasteiger partial charge in [0.2, 0.25) is 0 Å². The van der Waals surface area contributed by atoms with E-state index in [1.165, 1.54) is 0 Å². The summed E-state index contributed by atoms with van der Waals surface area (Å²) in [5, 5.41) is 28.3. The van der Waals surface area contributed by atoms with E-state index in [9.17, 15) is 28.2 Å². The van der Waals surface area contributed by atoms with E-state index >= 15 is 0 Å². The molecule has 0 aliphatic rings. The Hall–Kier alpha value is -1.45. The molecule has 118 valence electrons. The first-order valence-electron chi connectivity index (χ1n) is 5.75. The Balaban J connectivity index is 3.16. The highest BCUT2D eigenvalue weighted by atomic mass is 32.1. The lowest BCUT2D eigenvalue weighted by atomic mass is 10.00. The maximum atomic E-state index is 12.2. The van der Waals surface area contributed by atoms with Crippen LogP contribution < -0.4 is 4.74 Å². The van der Waals surface area contributed by atoms with Gasteiger partial charge >= 0.3 is 12.3 Å². The zero-order valence-corrected chi connectivity index (χ0v) is 11.4.